The SMILES string of the molecule is O=S(=O)([O-])CS(=O)([O-])=[Se].[Na+].[Na+]. The molecule has 0 rings (SSSR count). The van der Waals surface area contributed by atoms with Crippen molar-refractivity contribution in [1.29, 1.82) is 0 Å². The molecule has 0 N–H and O–H groups in total. The van der Waals surface area contributed by atoms with Gasteiger partial charge in [0.25, 0.3) is 0 Å². The van der Waals surface area contributed by atoms with Crippen LogP contribution >= 0.6 is 0 Å². The van der Waals surface area contributed by atoms with E-state index in [1.807, 2.05) is 0 Å². The van der Waals surface area contributed by atoms with E-state index in [0.29, 0.717) is 0 Å². The predicted octanol–water partition coefficient (Wildman–Crippen LogP) is -8.00. The van der Waals surface area contributed by atoms with Crippen LogP contribution in [-0.4, -0.2) is 41.2 Å². The van der Waals surface area contributed by atoms with Gasteiger partial charge in [-0.15, -0.1) is 0 Å². The van der Waals surface area contributed by atoms with Crippen molar-refractivity contribution in [2.75, 3.05) is 5.08 Å². The number of hydrogen-bond acceptors (Lipinski definition) is 5. The first-order valence-corrected chi connectivity index (χ1v) is 6.83. The maximum absolute atomic E-state index is 10.0. The molecule has 0 amide bonds. The van der Waals surface area contributed by atoms with E-state index >= 15 is 0 Å². The monoisotopic (exact) mass is 284 g/mol. The van der Waals surface area contributed by atoms with E-state index < -0.39 is 23.3 Å². The third-order valence-electron chi connectivity index (χ3n) is 0.289. The molecule has 10 heteroatoms. The molecule has 11 heavy (non-hydrogen) atoms. The van der Waals surface area contributed by atoms with Gasteiger partial charge in [-0.1, -0.05) is 0 Å². The molecule has 0 aliphatic rings. The predicted molar refractivity (Wildman–Crippen MR) is 29.2 cm³/mol. The van der Waals surface area contributed by atoms with Crippen LogP contribution in [-0.2, 0) is 18.3 Å². The third kappa shape index (κ3) is 19.1. The summed E-state index contributed by atoms with van der Waals surface area (Å²) >= 11 is 1.57. The zero-order chi connectivity index (χ0) is 7.71. The molecule has 0 fully saturated rings. The minimum absolute atomic E-state index is 0. The molecule has 5 nitrogen and oxygen atoms in total. The van der Waals surface area contributed by atoms with Gasteiger partial charge in [0.15, 0.2) is 0 Å². The van der Waals surface area contributed by atoms with Gasteiger partial charge in [0, 0.05) is 0 Å². The summed E-state index contributed by atoms with van der Waals surface area (Å²) < 4.78 is 49.1. The van der Waals surface area contributed by atoms with Crippen LogP contribution in [0.5, 0.6) is 0 Å². The van der Waals surface area contributed by atoms with Crippen LogP contribution in [0.15, 0.2) is 0 Å². The molecular weight excluding hydrogens is 281 g/mol. The molecule has 1 atom stereocenters. The summed E-state index contributed by atoms with van der Waals surface area (Å²) in [5, 5.41) is -1.38. The second-order valence-corrected chi connectivity index (χ2v) is 7.60. The van der Waals surface area contributed by atoms with Crippen LogP contribution in [0.1, 0.15) is 0 Å². The van der Waals surface area contributed by atoms with Gasteiger partial charge in [-0.05, 0) is 0 Å². The number of rotatable bonds is 2. The first-order chi connectivity index (χ1) is 3.71. The Hall–Kier alpha value is 2.54. The Morgan fingerprint density at radius 1 is 1.09 bits per heavy atom. The van der Waals surface area contributed by atoms with Crippen LogP contribution in [0, 0.1) is 0 Å². The summed E-state index contributed by atoms with van der Waals surface area (Å²) in [7, 11) is -8.46. The quantitative estimate of drug-likeness (QED) is 0.370. The minimum Gasteiger partial charge on any atom is 1.00 e. The summed E-state index contributed by atoms with van der Waals surface area (Å²) in [6.45, 7) is 0. The van der Waals surface area contributed by atoms with Crippen LogP contribution in [0.4, 0.5) is 0 Å². The fourth-order valence-corrected chi connectivity index (χ4v) is 3.82. The Kier molecular flexibility index (Phi) is 12.0. The zero-order valence-corrected chi connectivity index (χ0v) is 13.3. The van der Waals surface area contributed by atoms with Crippen molar-refractivity contribution < 1.29 is 80.8 Å². The first kappa shape index (κ1) is 19.2. The van der Waals surface area contributed by atoms with E-state index in [4.69, 9.17) is 0 Å². The topological polar surface area (TPSA) is 97.3 Å². The summed E-state index contributed by atoms with van der Waals surface area (Å²) in [6.07, 6.45) is 0. The molecule has 0 aliphatic heterocycles. The van der Waals surface area contributed by atoms with Gasteiger partial charge >= 0.3 is 119 Å². The fourth-order valence-electron chi connectivity index (χ4n) is 0.177. The van der Waals surface area contributed by atoms with E-state index in [9.17, 15) is 21.7 Å². The normalized spacial score (nSPS) is 15.5. The third-order valence-corrected chi connectivity index (χ3v) is 4.42. The standard InChI is InChI=1S/CH4O5S2Se.2Na/c2-7(3,4)1-8(5,6)9;;/h1H2,(H,2,3,4)(H,5,6,9);;/q;2*+1/p-2. The molecule has 0 spiro atoms. The van der Waals surface area contributed by atoms with Gasteiger partial charge in [-0.3, -0.25) is 0 Å². The molecule has 0 saturated carbocycles. The molecule has 0 aliphatic carbocycles. The maximum atomic E-state index is 10.0. The summed E-state index contributed by atoms with van der Waals surface area (Å²) in [5.41, 5.74) is 0. The van der Waals surface area contributed by atoms with Gasteiger partial charge in [-0.25, -0.2) is 0 Å². The van der Waals surface area contributed by atoms with Crippen LogP contribution in [0.25, 0.3) is 0 Å². The van der Waals surface area contributed by atoms with Crippen LogP contribution in [0.2, 0.25) is 0 Å². The van der Waals surface area contributed by atoms with Crippen molar-refractivity contribution in [3.8, 4) is 0 Å². The van der Waals surface area contributed by atoms with Crippen molar-refractivity contribution >= 4 is 32.6 Å². The second-order valence-electron chi connectivity index (χ2n) is 1.23. The van der Waals surface area contributed by atoms with Crippen LogP contribution < -0.4 is 59.1 Å². The molecule has 0 heterocycles. The van der Waals surface area contributed by atoms with E-state index in [0.717, 1.165) is 0 Å². The minimum atomic E-state index is -4.65. The van der Waals surface area contributed by atoms with Gasteiger partial charge in [0.05, 0.1) is 0 Å². The summed E-state index contributed by atoms with van der Waals surface area (Å²) in [6, 6.07) is 0. The second kappa shape index (κ2) is 6.91. The van der Waals surface area contributed by atoms with E-state index in [1.165, 1.54) is 0 Å². The van der Waals surface area contributed by atoms with Crippen molar-refractivity contribution in [2.45, 2.75) is 0 Å². The first-order valence-electron chi connectivity index (χ1n) is 1.58. The summed E-state index contributed by atoms with van der Waals surface area (Å²) in [5.74, 6) is 0. The fraction of sp³-hybridized carbons (Fsp3) is 1.00. The van der Waals surface area contributed by atoms with E-state index in [-0.39, 0.29) is 59.1 Å². The van der Waals surface area contributed by atoms with Crippen molar-refractivity contribution in [2.24, 2.45) is 0 Å². The molecule has 0 aromatic heterocycles. The van der Waals surface area contributed by atoms with E-state index in [1.54, 1.807) is 14.4 Å². The summed E-state index contributed by atoms with van der Waals surface area (Å²) in [4.78, 5) is 0. The van der Waals surface area contributed by atoms with Gasteiger partial charge < -0.3 is 0 Å². The van der Waals surface area contributed by atoms with Crippen molar-refractivity contribution in [3.63, 3.8) is 0 Å². The van der Waals surface area contributed by atoms with Gasteiger partial charge in [0.1, 0.15) is 0 Å². The smallest absolute Gasteiger partial charge is 1.00 e. The Labute approximate surface area is 117 Å². The molecule has 56 valence electrons. The Morgan fingerprint density at radius 3 is 1.36 bits per heavy atom. The molecular formula is CH2Na2O5S2Se. The van der Waals surface area contributed by atoms with E-state index in [2.05, 4.69) is 0 Å². The largest absolute Gasteiger partial charge is 1.00 e. The molecule has 0 aromatic carbocycles. The molecule has 0 bridgehead atoms. The van der Waals surface area contributed by atoms with Gasteiger partial charge in [-0.2, -0.15) is 0 Å². The van der Waals surface area contributed by atoms with Crippen molar-refractivity contribution in [1.82, 2.24) is 0 Å². The average molecular weight is 283 g/mol. The Morgan fingerprint density at radius 2 is 1.36 bits per heavy atom. The van der Waals surface area contributed by atoms with Crippen LogP contribution in [0.3, 0.4) is 0 Å². The molecule has 0 saturated heterocycles. The maximum Gasteiger partial charge on any atom is 1.00 e. The molecule has 0 aromatic rings. The van der Waals surface area contributed by atoms with Gasteiger partial charge in [0.2, 0.25) is 0 Å². The Balaban J connectivity index is -0.000000320. The average Bonchev–Trinajstić information content (AvgIpc) is 1.14. The molecule has 0 radical (unpaired) electrons. The molecule has 1 unspecified atom stereocenters. The van der Waals surface area contributed by atoms with Crippen molar-refractivity contribution in [3.05, 3.63) is 0 Å². The number of hydrogen-bond donors (Lipinski definition) is 0. The Bertz CT molecular complexity index is 248. The zero-order valence-electron chi connectivity index (χ0n) is 5.97.